The maximum absolute atomic E-state index is 6.90. The Morgan fingerprint density at radius 1 is 0.789 bits per heavy atom. The minimum absolute atomic E-state index is 0.224. The van der Waals surface area contributed by atoms with Crippen LogP contribution >= 0.6 is 11.3 Å². The van der Waals surface area contributed by atoms with Crippen LogP contribution in [0.4, 0.5) is 0 Å². The summed E-state index contributed by atoms with van der Waals surface area (Å²) in [6, 6.07) is 43.5. The van der Waals surface area contributed by atoms with Gasteiger partial charge in [0.15, 0.2) is 5.58 Å². The molecule has 1 aliphatic rings. The molecule has 0 bridgehead atoms. The maximum Gasteiger partial charge on any atom is 0.235 e. The third kappa shape index (κ3) is 5.19. The normalized spacial score (nSPS) is 14.5. The fraction of sp³-hybridized carbons (Fsp3) is 0.0769. The smallest absolute Gasteiger partial charge is 0.235 e. The molecule has 0 spiro atoms. The van der Waals surface area contributed by atoms with Crippen molar-refractivity contribution in [3.8, 4) is 28.3 Å². The Morgan fingerprint density at radius 2 is 1.56 bits per heavy atom. The van der Waals surface area contributed by atoms with Crippen LogP contribution in [0.5, 0.6) is 0 Å². The first-order chi connectivity index (χ1) is 28.1. The van der Waals surface area contributed by atoms with Gasteiger partial charge in [-0.05, 0) is 54.3 Å². The van der Waals surface area contributed by atoms with Crippen molar-refractivity contribution in [2.75, 3.05) is 0 Å². The van der Waals surface area contributed by atoms with E-state index < -0.39 is 0 Å². The summed E-state index contributed by atoms with van der Waals surface area (Å²) in [5, 5.41) is 6.98. The Balaban J connectivity index is 1.23. The van der Waals surface area contributed by atoms with E-state index in [1.54, 1.807) is 0 Å². The van der Waals surface area contributed by atoms with Crippen molar-refractivity contribution < 1.29 is 4.42 Å². The zero-order valence-electron chi connectivity index (χ0n) is 31.7. The van der Waals surface area contributed by atoms with E-state index in [0.29, 0.717) is 5.95 Å². The van der Waals surface area contributed by atoms with E-state index in [1.165, 1.54) is 31.3 Å². The Kier molecular flexibility index (Phi) is 7.73. The van der Waals surface area contributed by atoms with Crippen LogP contribution in [0.3, 0.4) is 0 Å². The summed E-state index contributed by atoms with van der Waals surface area (Å²) in [7, 11) is 0. The summed E-state index contributed by atoms with van der Waals surface area (Å²) in [4.78, 5) is 11.0. The van der Waals surface area contributed by atoms with E-state index in [1.807, 2.05) is 48.6 Å². The fourth-order valence-electron chi connectivity index (χ4n) is 8.77. The van der Waals surface area contributed by atoms with Gasteiger partial charge in [0.25, 0.3) is 0 Å². The zero-order chi connectivity index (χ0) is 38.2. The van der Waals surface area contributed by atoms with Gasteiger partial charge in [-0.25, -0.2) is 9.97 Å². The maximum atomic E-state index is 6.90. The molecule has 5 heteroatoms. The second kappa shape index (κ2) is 13.1. The molecule has 4 heterocycles. The monoisotopic (exact) mass is 751 g/mol. The van der Waals surface area contributed by atoms with Crippen molar-refractivity contribution in [2.45, 2.75) is 26.2 Å². The minimum atomic E-state index is 0.224. The number of hydrogen-bond acceptors (Lipinski definition) is 4. The number of nitrogens with zero attached hydrogens (tertiary/aromatic N) is 3. The highest BCUT2D eigenvalue weighted by molar-refractivity contribution is 7.26. The van der Waals surface area contributed by atoms with Gasteiger partial charge in [0.1, 0.15) is 11.1 Å². The molecule has 0 fully saturated rings. The minimum Gasteiger partial charge on any atom is -0.454 e. The molecule has 57 heavy (non-hydrogen) atoms. The number of fused-ring (bicyclic) bond motifs is 11. The Labute approximate surface area is 334 Å². The Hall–Kier alpha value is -6.82. The molecular weight excluding hydrogens is 715 g/mol. The quantitative estimate of drug-likeness (QED) is 0.159. The van der Waals surface area contributed by atoms with Crippen LogP contribution < -0.4 is 0 Å². The van der Waals surface area contributed by atoms with Crippen LogP contribution in [0, 0.1) is 0 Å². The van der Waals surface area contributed by atoms with E-state index in [4.69, 9.17) is 14.4 Å². The molecule has 0 radical (unpaired) electrons. The highest BCUT2D eigenvalue weighted by atomic mass is 32.1. The molecule has 1 atom stereocenters. The highest BCUT2D eigenvalue weighted by Crippen LogP contribution is 2.48. The summed E-state index contributed by atoms with van der Waals surface area (Å²) >= 11 is 1.86. The van der Waals surface area contributed by atoms with Gasteiger partial charge in [0.05, 0.1) is 16.9 Å². The van der Waals surface area contributed by atoms with Gasteiger partial charge in [0, 0.05) is 64.3 Å². The van der Waals surface area contributed by atoms with Crippen LogP contribution in [-0.4, -0.2) is 14.5 Å². The third-order valence-electron chi connectivity index (χ3n) is 11.5. The van der Waals surface area contributed by atoms with Crippen molar-refractivity contribution in [3.63, 3.8) is 0 Å². The van der Waals surface area contributed by atoms with Crippen LogP contribution in [-0.2, 0) is 0 Å². The zero-order valence-corrected chi connectivity index (χ0v) is 32.5. The molecule has 6 aromatic carbocycles. The summed E-state index contributed by atoms with van der Waals surface area (Å²) in [6.07, 6.45) is 13.5. The number of furan rings is 1. The first-order valence-electron chi connectivity index (χ1n) is 19.5. The highest BCUT2D eigenvalue weighted by Gasteiger charge is 2.27. The van der Waals surface area contributed by atoms with Crippen molar-refractivity contribution >= 4 is 86.9 Å². The van der Waals surface area contributed by atoms with Gasteiger partial charge in [-0.1, -0.05) is 147 Å². The Bertz CT molecular complexity index is 3370. The lowest BCUT2D eigenvalue weighted by Crippen LogP contribution is -2.12. The molecular formula is C52H37N3OS. The third-order valence-corrected chi connectivity index (χ3v) is 12.7. The molecule has 10 aromatic rings. The van der Waals surface area contributed by atoms with Crippen LogP contribution in [0.2, 0.25) is 0 Å². The molecule has 4 aromatic heterocycles. The average molecular weight is 752 g/mol. The van der Waals surface area contributed by atoms with E-state index in [9.17, 15) is 0 Å². The van der Waals surface area contributed by atoms with Crippen LogP contribution in [0.15, 0.2) is 163 Å². The standard InChI is InChI=1S/C52H37N3OS/c1-4-5-6-15-31(2)33-26-28-34(29-27-33)48-40-22-13-16-32(3)47(40)53-52(54-48)55-43-23-10-7-19-39(43)46-41(30-42-35-17-8-11-24-44(35)56-50(42)49(46)55)38-21-14-20-37-36-18-9-12-25-45(36)57-51(37)38/h4-15,17-30,32H,2,16H2,1,3H3/b5-4-,15-6-. The van der Waals surface area contributed by atoms with E-state index in [0.717, 1.165) is 83.8 Å². The predicted molar refractivity (Wildman–Crippen MR) is 242 cm³/mol. The second-order valence-corrected chi connectivity index (χ2v) is 16.0. The predicted octanol–water partition coefficient (Wildman–Crippen LogP) is 14.8. The van der Waals surface area contributed by atoms with Crippen molar-refractivity contribution in [1.82, 2.24) is 14.5 Å². The fourth-order valence-corrected chi connectivity index (χ4v) is 10.00. The molecule has 0 saturated carbocycles. The lowest BCUT2D eigenvalue weighted by molar-refractivity contribution is 0.670. The van der Waals surface area contributed by atoms with E-state index in [-0.39, 0.29) is 5.92 Å². The molecule has 1 unspecified atom stereocenters. The van der Waals surface area contributed by atoms with Gasteiger partial charge in [-0.15, -0.1) is 11.3 Å². The SMILES string of the molecule is C=C(/C=C\C=C/C)c1ccc(-c2nc(-n3c4ccccc4c4c(-c5cccc6c5sc5ccccc56)cc5c6ccccc6oc5c43)nc3c2C=CCC3C)cc1. The van der Waals surface area contributed by atoms with Crippen molar-refractivity contribution in [1.29, 1.82) is 0 Å². The van der Waals surface area contributed by atoms with E-state index in [2.05, 4.69) is 145 Å². The Morgan fingerprint density at radius 3 is 2.42 bits per heavy atom. The lowest BCUT2D eigenvalue weighted by Gasteiger charge is -2.21. The summed E-state index contributed by atoms with van der Waals surface area (Å²) in [5.74, 6) is 0.862. The number of thiophene rings is 1. The van der Waals surface area contributed by atoms with Gasteiger partial charge in [0.2, 0.25) is 5.95 Å². The van der Waals surface area contributed by atoms with Crippen LogP contribution in [0.25, 0.3) is 104 Å². The summed E-state index contributed by atoms with van der Waals surface area (Å²) in [6.45, 7) is 8.59. The number of hydrogen-bond donors (Lipinski definition) is 0. The molecule has 272 valence electrons. The molecule has 0 amide bonds. The van der Waals surface area contributed by atoms with Crippen molar-refractivity contribution in [2.24, 2.45) is 0 Å². The van der Waals surface area contributed by atoms with E-state index >= 15 is 0 Å². The van der Waals surface area contributed by atoms with Gasteiger partial charge >= 0.3 is 0 Å². The topological polar surface area (TPSA) is 43.9 Å². The molecule has 11 rings (SSSR count). The first kappa shape index (κ1) is 33.5. The number of para-hydroxylation sites is 2. The molecule has 4 nitrogen and oxygen atoms in total. The van der Waals surface area contributed by atoms with Crippen LogP contribution in [0.1, 0.15) is 43.0 Å². The lowest BCUT2D eigenvalue weighted by atomic mass is 9.90. The van der Waals surface area contributed by atoms with Gasteiger partial charge in [-0.3, -0.25) is 4.57 Å². The van der Waals surface area contributed by atoms with Crippen molar-refractivity contribution in [3.05, 3.63) is 175 Å². The molecule has 0 N–H and O–H groups in total. The first-order valence-corrected chi connectivity index (χ1v) is 20.3. The summed E-state index contributed by atoms with van der Waals surface area (Å²) < 4.78 is 11.7. The average Bonchev–Trinajstić information content (AvgIpc) is 3.93. The molecule has 1 aliphatic carbocycles. The molecule has 0 saturated heterocycles. The second-order valence-electron chi connectivity index (χ2n) is 15.0. The van der Waals surface area contributed by atoms with Gasteiger partial charge < -0.3 is 4.42 Å². The number of benzene rings is 6. The largest absolute Gasteiger partial charge is 0.454 e. The molecule has 0 aliphatic heterocycles. The summed E-state index contributed by atoms with van der Waals surface area (Å²) in [5.41, 5.74) is 12.2. The number of aromatic nitrogens is 3. The number of allylic oxidation sites excluding steroid dienone is 6. The van der Waals surface area contributed by atoms with Gasteiger partial charge in [-0.2, -0.15) is 0 Å². The number of rotatable bonds is 6.